The van der Waals surface area contributed by atoms with E-state index < -0.39 is 10.0 Å². The van der Waals surface area contributed by atoms with Crippen LogP contribution in [0.25, 0.3) is 0 Å². The Kier molecular flexibility index (Phi) is 8.24. The lowest BCUT2D eigenvalue weighted by Gasteiger charge is -2.26. The number of hydrogen-bond donors (Lipinski definition) is 2. The molecule has 3 rings (SSSR count). The molecule has 0 aliphatic carbocycles. The van der Waals surface area contributed by atoms with Crippen molar-refractivity contribution in [2.45, 2.75) is 51.0 Å². The van der Waals surface area contributed by atoms with Gasteiger partial charge in [-0.05, 0) is 38.3 Å². The van der Waals surface area contributed by atoms with Crippen LogP contribution in [0.5, 0.6) is 0 Å². The predicted molar refractivity (Wildman–Crippen MR) is 122 cm³/mol. The third-order valence-corrected chi connectivity index (χ3v) is 7.93. The maximum absolute atomic E-state index is 13.1. The molecule has 0 unspecified atom stereocenters. The van der Waals surface area contributed by atoms with Crippen LogP contribution in [0.2, 0.25) is 0 Å². The molecule has 1 fully saturated rings. The standard InChI is InChI=1S/C21H31N5O2S2/c1-3-22-21(23-12-11-20-24-15-17(2)29-20)25-16-18-9-5-6-10-19(18)30(27,28)26-13-7-4-8-14-26/h5-6,9-10,15H,3-4,7-8,11-14,16H2,1-2H3,(H2,22,23,25). The van der Waals surface area contributed by atoms with Crippen molar-refractivity contribution < 1.29 is 8.42 Å². The second-order valence-corrected chi connectivity index (χ2v) is 10.5. The Morgan fingerprint density at radius 3 is 2.67 bits per heavy atom. The summed E-state index contributed by atoms with van der Waals surface area (Å²) in [7, 11) is -3.49. The van der Waals surface area contributed by atoms with E-state index >= 15 is 0 Å². The molecule has 0 atom stereocenters. The number of aromatic nitrogens is 1. The SMILES string of the molecule is CCNC(=NCc1ccccc1S(=O)(=O)N1CCCCC1)NCCc1ncc(C)s1. The van der Waals surface area contributed by atoms with E-state index in [4.69, 9.17) is 0 Å². The van der Waals surface area contributed by atoms with Gasteiger partial charge in [0.05, 0.1) is 16.4 Å². The first-order chi connectivity index (χ1) is 14.5. The average molecular weight is 450 g/mol. The lowest BCUT2D eigenvalue weighted by molar-refractivity contribution is 0.346. The molecule has 2 N–H and O–H groups in total. The van der Waals surface area contributed by atoms with Gasteiger partial charge >= 0.3 is 0 Å². The minimum atomic E-state index is -3.49. The summed E-state index contributed by atoms with van der Waals surface area (Å²) in [5.74, 6) is 0.677. The Balaban J connectivity index is 1.69. The van der Waals surface area contributed by atoms with Gasteiger partial charge in [-0.1, -0.05) is 24.6 Å². The molecule has 0 radical (unpaired) electrons. The van der Waals surface area contributed by atoms with Gasteiger partial charge in [0, 0.05) is 43.7 Å². The van der Waals surface area contributed by atoms with Crippen molar-refractivity contribution in [3.8, 4) is 0 Å². The third-order valence-electron chi connectivity index (χ3n) is 4.96. The zero-order valence-corrected chi connectivity index (χ0v) is 19.4. The van der Waals surface area contributed by atoms with Gasteiger partial charge in [-0.25, -0.2) is 18.4 Å². The van der Waals surface area contributed by atoms with Gasteiger partial charge < -0.3 is 10.6 Å². The van der Waals surface area contributed by atoms with E-state index in [1.165, 1.54) is 4.88 Å². The molecule has 0 spiro atoms. The van der Waals surface area contributed by atoms with E-state index in [0.717, 1.165) is 42.8 Å². The smallest absolute Gasteiger partial charge is 0.243 e. The Bertz CT molecular complexity index is 950. The molecule has 30 heavy (non-hydrogen) atoms. The molecule has 9 heteroatoms. The molecule has 0 amide bonds. The molecule has 1 aliphatic rings. The van der Waals surface area contributed by atoms with E-state index in [0.29, 0.717) is 37.0 Å². The number of aliphatic imine (C=N–C) groups is 1. The van der Waals surface area contributed by atoms with E-state index in [2.05, 4.69) is 27.5 Å². The lowest BCUT2D eigenvalue weighted by Crippen LogP contribution is -2.38. The van der Waals surface area contributed by atoms with Crippen molar-refractivity contribution in [2.75, 3.05) is 26.2 Å². The van der Waals surface area contributed by atoms with Gasteiger partial charge in [-0.3, -0.25) is 0 Å². The first-order valence-electron chi connectivity index (χ1n) is 10.5. The fourth-order valence-electron chi connectivity index (χ4n) is 3.44. The normalized spacial score (nSPS) is 15.9. The van der Waals surface area contributed by atoms with Gasteiger partial charge in [0.1, 0.15) is 0 Å². The van der Waals surface area contributed by atoms with E-state index in [-0.39, 0.29) is 0 Å². The zero-order valence-electron chi connectivity index (χ0n) is 17.7. The highest BCUT2D eigenvalue weighted by Crippen LogP contribution is 2.24. The van der Waals surface area contributed by atoms with Gasteiger partial charge in [0.15, 0.2) is 5.96 Å². The monoisotopic (exact) mass is 449 g/mol. The van der Waals surface area contributed by atoms with Crippen molar-refractivity contribution in [3.63, 3.8) is 0 Å². The highest BCUT2D eigenvalue weighted by atomic mass is 32.2. The van der Waals surface area contributed by atoms with Crippen molar-refractivity contribution in [1.29, 1.82) is 0 Å². The fraction of sp³-hybridized carbons (Fsp3) is 0.524. The van der Waals surface area contributed by atoms with Crippen LogP contribution in [0, 0.1) is 6.92 Å². The number of benzene rings is 1. The number of thiazole rings is 1. The maximum atomic E-state index is 13.1. The number of nitrogens with zero attached hydrogens (tertiary/aromatic N) is 3. The van der Waals surface area contributed by atoms with E-state index in [1.54, 1.807) is 27.8 Å². The van der Waals surface area contributed by atoms with Crippen molar-refractivity contribution in [2.24, 2.45) is 4.99 Å². The van der Waals surface area contributed by atoms with Crippen LogP contribution < -0.4 is 10.6 Å². The Morgan fingerprint density at radius 1 is 1.20 bits per heavy atom. The summed E-state index contributed by atoms with van der Waals surface area (Å²) in [6, 6.07) is 7.19. The molecule has 0 saturated carbocycles. The molecule has 164 valence electrons. The van der Waals surface area contributed by atoms with Gasteiger partial charge in [0.2, 0.25) is 10.0 Å². The summed E-state index contributed by atoms with van der Waals surface area (Å²) in [5.41, 5.74) is 0.718. The molecular weight excluding hydrogens is 418 g/mol. The third kappa shape index (κ3) is 6.02. The minimum Gasteiger partial charge on any atom is -0.357 e. The van der Waals surface area contributed by atoms with Gasteiger partial charge in [-0.2, -0.15) is 4.31 Å². The fourth-order valence-corrected chi connectivity index (χ4v) is 5.96. The number of rotatable bonds is 8. The highest BCUT2D eigenvalue weighted by Gasteiger charge is 2.27. The average Bonchev–Trinajstić information content (AvgIpc) is 3.18. The van der Waals surface area contributed by atoms with Crippen LogP contribution in [0.15, 0.2) is 40.4 Å². The summed E-state index contributed by atoms with van der Waals surface area (Å²) < 4.78 is 27.9. The van der Waals surface area contributed by atoms with E-state index in [9.17, 15) is 8.42 Å². The first-order valence-corrected chi connectivity index (χ1v) is 12.8. The summed E-state index contributed by atoms with van der Waals surface area (Å²) in [6.45, 7) is 7.00. The van der Waals surface area contributed by atoms with Crippen LogP contribution in [0.1, 0.15) is 41.6 Å². The highest BCUT2D eigenvalue weighted by molar-refractivity contribution is 7.89. The first kappa shape index (κ1) is 22.7. The van der Waals surface area contributed by atoms with Crippen molar-refractivity contribution in [1.82, 2.24) is 19.9 Å². The molecule has 0 bridgehead atoms. The topological polar surface area (TPSA) is 86.7 Å². The Morgan fingerprint density at radius 2 is 1.97 bits per heavy atom. The van der Waals surface area contributed by atoms with Crippen LogP contribution in [-0.2, 0) is 23.0 Å². The molecule has 7 nitrogen and oxygen atoms in total. The second kappa shape index (κ2) is 10.9. The van der Waals surface area contributed by atoms with Crippen LogP contribution >= 0.6 is 11.3 Å². The van der Waals surface area contributed by atoms with Crippen LogP contribution in [0.3, 0.4) is 0 Å². The molecule has 2 heterocycles. The minimum absolute atomic E-state index is 0.301. The maximum Gasteiger partial charge on any atom is 0.243 e. The summed E-state index contributed by atoms with van der Waals surface area (Å²) in [6.07, 6.45) is 5.65. The zero-order chi connectivity index (χ0) is 21.4. The van der Waals surface area contributed by atoms with Crippen LogP contribution in [0.4, 0.5) is 0 Å². The van der Waals surface area contributed by atoms with E-state index in [1.807, 2.05) is 25.3 Å². The molecule has 1 aromatic carbocycles. The molecule has 1 saturated heterocycles. The Labute approximate surface area is 183 Å². The quantitative estimate of drug-likeness (QED) is 0.478. The number of aryl methyl sites for hydroxylation is 1. The number of sulfonamides is 1. The molecule has 2 aromatic rings. The predicted octanol–water partition coefficient (Wildman–Crippen LogP) is 2.92. The lowest BCUT2D eigenvalue weighted by atomic mass is 10.2. The summed E-state index contributed by atoms with van der Waals surface area (Å²) in [5, 5.41) is 7.64. The second-order valence-electron chi connectivity index (χ2n) is 7.31. The number of nitrogens with one attached hydrogen (secondary N) is 2. The summed E-state index contributed by atoms with van der Waals surface area (Å²) >= 11 is 1.70. The molecule has 1 aliphatic heterocycles. The van der Waals surface area contributed by atoms with Crippen molar-refractivity contribution in [3.05, 3.63) is 45.9 Å². The number of guanidine groups is 1. The largest absolute Gasteiger partial charge is 0.357 e. The van der Waals surface area contributed by atoms with Crippen LogP contribution in [-0.4, -0.2) is 49.8 Å². The number of hydrogen-bond acceptors (Lipinski definition) is 5. The van der Waals surface area contributed by atoms with Crippen molar-refractivity contribution >= 4 is 27.3 Å². The Hall–Kier alpha value is -1.97. The number of piperidine rings is 1. The van der Waals surface area contributed by atoms with Gasteiger partial charge in [-0.15, -0.1) is 11.3 Å². The van der Waals surface area contributed by atoms with Gasteiger partial charge in [0.25, 0.3) is 0 Å². The molecular formula is C21H31N5O2S2. The molecule has 1 aromatic heterocycles. The summed E-state index contributed by atoms with van der Waals surface area (Å²) in [4.78, 5) is 10.6.